The number of sulfone groups is 1. The molecule has 2 rings (SSSR count). The highest BCUT2D eigenvalue weighted by Gasteiger charge is 2.37. The second-order valence-electron chi connectivity index (χ2n) is 5.33. The molecule has 7 heteroatoms. The van der Waals surface area contributed by atoms with Crippen molar-refractivity contribution in [2.24, 2.45) is 0 Å². The molecule has 0 bridgehead atoms. The van der Waals surface area contributed by atoms with E-state index in [2.05, 4.69) is 5.32 Å². The number of nitrogens with zero attached hydrogens (tertiary/aromatic N) is 1. The van der Waals surface area contributed by atoms with Gasteiger partial charge in [0.05, 0.1) is 11.8 Å². The van der Waals surface area contributed by atoms with Gasteiger partial charge in [0.2, 0.25) is 5.91 Å². The van der Waals surface area contributed by atoms with E-state index < -0.39 is 22.0 Å². The molecule has 1 aliphatic heterocycles. The fourth-order valence-electron chi connectivity index (χ4n) is 2.46. The van der Waals surface area contributed by atoms with Crippen molar-refractivity contribution in [3.63, 3.8) is 0 Å². The van der Waals surface area contributed by atoms with E-state index in [9.17, 15) is 17.6 Å². The zero-order chi connectivity index (χ0) is 15.6. The van der Waals surface area contributed by atoms with Crippen LogP contribution in [-0.4, -0.2) is 43.8 Å². The first-order valence-corrected chi connectivity index (χ1v) is 8.84. The van der Waals surface area contributed by atoms with Crippen LogP contribution in [-0.2, 0) is 14.6 Å². The number of halogens is 1. The number of benzene rings is 1. The minimum absolute atomic E-state index is 0.00908. The summed E-state index contributed by atoms with van der Waals surface area (Å²) in [5.74, 6) is -0.517. The van der Waals surface area contributed by atoms with Crippen LogP contribution in [0.25, 0.3) is 0 Å². The van der Waals surface area contributed by atoms with Crippen LogP contribution < -0.4 is 5.32 Å². The Morgan fingerprint density at radius 2 is 2.00 bits per heavy atom. The first kappa shape index (κ1) is 15.9. The largest absolute Gasteiger partial charge is 0.321 e. The molecule has 2 atom stereocenters. The zero-order valence-corrected chi connectivity index (χ0v) is 12.9. The lowest BCUT2D eigenvalue weighted by Crippen LogP contribution is -2.32. The third kappa shape index (κ3) is 3.79. The Hall–Kier alpha value is -1.47. The van der Waals surface area contributed by atoms with Crippen molar-refractivity contribution in [3.8, 4) is 0 Å². The molecule has 0 aliphatic carbocycles. The van der Waals surface area contributed by atoms with Gasteiger partial charge in [0, 0.05) is 18.4 Å². The predicted octanol–water partition coefficient (Wildman–Crippen LogP) is 1.08. The van der Waals surface area contributed by atoms with E-state index in [4.69, 9.17) is 0 Å². The Balaban J connectivity index is 2.16. The van der Waals surface area contributed by atoms with Crippen LogP contribution in [0.3, 0.4) is 0 Å². The number of carbonyl (C=O) groups excluding carboxylic acids is 1. The van der Waals surface area contributed by atoms with Gasteiger partial charge in [-0.1, -0.05) is 18.2 Å². The molecule has 1 fully saturated rings. The average molecular weight is 314 g/mol. The van der Waals surface area contributed by atoms with Gasteiger partial charge >= 0.3 is 0 Å². The third-order valence-electron chi connectivity index (χ3n) is 3.49. The van der Waals surface area contributed by atoms with Gasteiger partial charge in [-0.25, -0.2) is 12.8 Å². The van der Waals surface area contributed by atoms with Crippen molar-refractivity contribution in [1.29, 1.82) is 0 Å². The SMILES string of the molecule is CC1NC(c2ccccc2F)N(CCCS(C)(=O)=O)C1=O. The predicted molar refractivity (Wildman–Crippen MR) is 77.8 cm³/mol. The van der Waals surface area contributed by atoms with E-state index in [1.165, 1.54) is 11.0 Å². The summed E-state index contributed by atoms with van der Waals surface area (Å²) in [5, 5.41) is 3.05. The molecule has 0 spiro atoms. The third-order valence-corrected chi connectivity index (χ3v) is 4.52. The number of carbonyl (C=O) groups is 1. The number of nitrogens with one attached hydrogen (secondary N) is 1. The highest BCUT2D eigenvalue weighted by Crippen LogP contribution is 2.27. The monoisotopic (exact) mass is 314 g/mol. The van der Waals surface area contributed by atoms with E-state index in [0.717, 1.165) is 6.26 Å². The van der Waals surface area contributed by atoms with E-state index in [-0.39, 0.29) is 24.0 Å². The summed E-state index contributed by atoms with van der Waals surface area (Å²) in [6, 6.07) is 5.86. The van der Waals surface area contributed by atoms with Crippen molar-refractivity contribution >= 4 is 15.7 Å². The summed E-state index contributed by atoms with van der Waals surface area (Å²) in [5.41, 5.74) is 0.398. The van der Waals surface area contributed by atoms with Crippen LogP contribution in [0.15, 0.2) is 24.3 Å². The Labute approximate surface area is 124 Å². The topological polar surface area (TPSA) is 66.5 Å². The van der Waals surface area contributed by atoms with Crippen LogP contribution in [0, 0.1) is 5.82 Å². The van der Waals surface area contributed by atoms with Crippen molar-refractivity contribution in [1.82, 2.24) is 10.2 Å². The van der Waals surface area contributed by atoms with Crippen LogP contribution in [0.1, 0.15) is 25.1 Å². The second kappa shape index (κ2) is 6.11. The van der Waals surface area contributed by atoms with Gasteiger partial charge in [-0.3, -0.25) is 10.1 Å². The van der Waals surface area contributed by atoms with Gasteiger partial charge in [-0.2, -0.15) is 0 Å². The molecule has 2 unspecified atom stereocenters. The van der Waals surface area contributed by atoms with E-state index in [0.29, 0.717) is 12.0 Å². The molecule has 1 heterocycles. The highest BCUT2D eigenvalue weighted by molar-refractivity contribution is 7.90. The lowest BCUT2D eigenvalue weighted by Gasteiger charge is -2.24. The molecule has 1 aromatic rings. The molecule has 1 saturated heterocycles. The van der Waals surface area contributed by atoms with Crippen LogP contribution in [0.4, 0.5) is 4.39 Å². The summed E-state index contributed by atoms with van der Waals surface area (Å²) in [6.45, 7) is 2.00. The molecule has 116 valence electrons. The maximum Gasteiger partial charge on any atom is 0.241 e. The second-order valence-corrected chi connectivity index (χ2v) is 7.59. The Morgan fingerprint density at radius 1 is 1.33 bits per heavy atom. The molecule has 21 heavy (non-hydrogen) atoms. The molecular formula is C14H19FN2O3S. The van der Waals surface area contributed by atoms with Crippen molar-refractivity contribution in [3.05, 3.63) is 35.6 Å². The molecule has 0 saturated carbocycles. The van der Waals surface area contributed by atoms with Crippen LogP contribution in [0.5, 0.6) is 0 Å². The molecule has 1 N–H and O–H groups in total. The first-order chi connectivity index (χ1) is 9.79. The van der Waals surface area contributed by atoms with Gasteiger partial charge in [-0.05, 0) is 19.4 Å². The van der Waals surface area contributed by atoms with Crippen molar-refractivity contribution < 1.29 is 17.6 Å². The zero-order valence-electron chi connectivity index (χ0n) is 12.0. The normalized spacial score (nSPS) is 22.8. The van der Waals surface area contributed by atoms with Gasteiger partial charge < -0.3 is 4.90 Å². The summed E-state index contributed by atoms with van der Waals surface area (Å²) >= 11 is 0. The Bertz CT molecular complexity index is 633. The maximum absolute atomic E-state index is 13.9. The molecular weight excluding hydrogens is 295 g/mol. The number of rotatable bonds is 5. The Morgan fingerprint density at radius 3 is 2.62 bits per heavy atom. The van der Waals surface area contributed by atoms with Crippen molar-refractivity contribution in [2.75, 3.05) is 18.6 Å². The standard InChI is InChI=1S/C14H19FN2O3S/c1-10-14(18)17(8-5-9-21(2,19)20)13(16-10)11-6-3-4-7-12(11)15/h3-4,6-7,10,13,16H,5,8-9H2,1-2H3. The quantitative estimate of drug-likeness (QED) is 0.883. The van der Waals surface area contributed by atoms with E-state index in [1.807, 2.05) is 0 Å². The highest BCUT2D eigenvalue weighted by atomic mass is 32.2. The Kier molecular flexibility index (Phi) is 4.63. The van der Waals surface area contributed by atoms with Gasteiger partial charge in [0.1, 0.15) is 21.8 Å². The fraction of sp³-hybridized carbons (Fsp3) is 0.500. The molecule has 5 nitrogen and oxygen atoms in total. The van der Waals surface area contributed by atoms with Gasteiger partial charge in [0.15, 0.2) is 0 Å². The molecule has 1 aromatic carbocycles. The molecule has 0 radical (unpaired) electrons. The molecule has 1 aliphatic rings. The first-order valence-electron chi connectivity index (χ1n) is 6.78. The number of amides is 1. The number of hydrogen-bond acceptors (Lipinski definition) is 4. The van der Waals surface area contributed by atoms with Crippen molar-refractivity contribution in [2.45, 2.75) is 25.6 Å². The van der Waals surface area contributed by atoms with Crippen LogP contribution in [0.2, 0.25) is 0 Å². The summed E-state index contributed by atoms with van der Waals surface area (Å²) in [6.07, 6.45) is 0.950. The fourth-order valence-corrected chi connectivity index (χ4v) is 3.12. The number of hydrogen-bond donors (Lipinski definition) is 1. The smallest absolute Gasteiger partial charge is 0.241 e. The summed E-state index contributed by atoms with van der Waals surface area (Å²) < 4.78 is 36.3. The lowest BCUT2D eigenvalue weighted by atomic mass is 10.1. The average Bonchev–Trinajstić information content (AvgIpc) is 2.66. The van der Waals surface area contributed by atoms with E-state index >= 15 is 0 Å². The maximum atomic E-state index is 13.9. The molecule has 1 amide bonds. The van der Waals surface area contributed by atoms with Gasteiger partial charge in [0.25, 0.3) is 0 Å². The van der Waals surface area contributed by atoms with Crippen LogP contribution >= 0.6 is 0 Å². The minimum Gasteiger partial charge on any atom is -0.321 e. The molecule has 0 aromatic heterocycles. The summed E-state index contributed by atoms with van der Waals surface area (Å²) in [4.78, 5) is 13.7. The lowest BCUT2D eigenvalue weighted by molar-refractivity contribution is -0.129. The minimum atomic E-state index is -3.07. The summed E-state index contributed by atoms with van der Waals surface area (Å²) in [7, 11) is -3.07. The van der Waals surface area contributed by atoms with E-state index in [1.54, 1.807) is 25.1 Å². The van der Waals surface area contributed by atoms with Gasteiger partial charge in [-0.15, -0.1) is 0 Å².